The van der Waals surface area contributed by atoms with Crippen molar-refractivity contribution in [3.8, 4) is 5.75 Å². The number of phenols is 1. The summed E-state index contributed by atoms with van der Waals surface area (Å²) in [5.41, 5.74) is -0.628. The van der Waals surface area contributed by atoms with Gasteiger partial charge < -0.3 is 14.9 Å². The second-order valence-electron chi connectivity index (χ2n) is 4.66. The number of carboxylic acid groups (broad SMARTS) is 1. The van der Waals surface area contributed by atoms with E-state index in [9.17, 15) is 14.7 Å². The molecule has 0 aliphatic rings. The van der Waals surface area contributed by atoms with E-state index in [0.717, 1.165) is 6.07 Å². The fourth-order valence-electron chi connectivity index (χ4n) is 1.18. The summed E-state index contributed by atoms with van der Waals surface area (Å²) < 4.78 is 5.00. The van der Waals surface area contributed by atoms with E-state index in [1.54, 1.807) is 20.8 Å². The second kappa shape index (κ2) is 4.95. The number of hydrogen-bond donors (Lipinski definition) is 3. The predicted molar refractivity (Wildman–Crippen MR) is 64.9 cm³/mol. The summed E-state index contributed by atoms with van der Waals surface area (Å²) in [6.45, 7) is 5.12. The molecular formula is C12H15NO5. The number of ether oxygens (including phenoxy) is 1. The SMILES string of the molecule is CC(C)(C)OC(=O)Nc1ccc(C(=O)O)cc1O. The summed E-state index contributed by atoms with van der Waals surface area (Å²) >= 11 is 0. The van der Waals surface area contributed by atoms with E-state index in [0.29, 0.717) is 0 Å². The van der Waals surface area contributed by atoms with Crippen LogP contribution < -0.4 is 5.32 Å². The van der Waals surface area contributed by atoms with Crippen LogP contribution in [0.2, 0.25) is 0 Å². The van der Waals surface area contributed by atoms with Crippen LogP contribution in [0, 0.1) is 0 Å². The van der Waals surface area contributed by atoms with Gasteiger partial charge in [0.2, 0.25) is 0 Å². The Labute approximate surface area is 104 Å². The predicted octanol–water partition coefficient (Wildman–Crippen LogP) is 2.44. The van der Waals surface area contributed by atoms with Crippen LogP contribution in [-0.2, 0) is 4.74 Å². The summed E-state index contributed by atoms with van der Waals surface area (Å²) in [5, 5.41) is 20.6. The van der Waals surface area contributed by atoms with Gasteiger partial charge in [0.05, 0.1) is 11.3 Å². The average molecular weight is 253 g/mol. The first kappa shape index (κ1) is 13.8. The van der Waals surface area contributed by atoms with Gasteiger partial charge in [0.1, 0.15) is 11.4 Å². The molecule has 0 radical (unpaired) electrons. The number of nitrogens with one attached hydrogen (secondary N) is 1. The fourth-order valence-corrected chi connectivity index (χ4v) is 1.18. The van der Waals surface area contributed by atoms with Gasteiger partial charge >= 0.3 is 12.1 Å². The molecule has 0 heterocycles. The standard InChI is InChI=1S/C12H15NO5/c1-12(2,3)18-11(17)13-8-5-4-7(10(15)16)6-9(8)14/h4-6,14H,1-3H3,(H,13,17)(H,15,16). The minimum Gasteiger partial charge on any atom is -0.506 e. The molecule has 0 bridgehead atoms. The number of aromatic hydroxyl groups is 1. The largest absolute Gasteiger partial charge is 0.506 e. The van der Waals surface area contributed by atoms with Crippen LogP contribution in [-0.4, -0.2) is 27.9 Å². The van der Waals surface area contributed by atoms with Gasteiger partial charge in [-0.3, -0.25) is 5.32 Å². The van der Waals surface area contributed by atoms with Crippen molar-refractivity contribution in [3.63, 3.8) is 0 Å². The first-order valence-electron chi connectivity index (χ1n) is 5.25. The molecule has 98 valence electrons. The third kappa shape index (κ3) is 3.97. The van der Waals surface area contributed by atoms with Crippen LogP contribution in [0.4, 0.5) is 10.5 Å². The lowest BCUT2D eigenvalue weighted by molar-refractivity contribution is 0.0634. The number of phenolic OH excluding ortho intramolecular Hbond substituents is 1. The Kier molecular flexibility index (Phi) is 3.80. The van der Waals surface area contributed by atoms with Crippen molar-refractivity contribution in [1.29, 1.82) is 0 Å². The van der Waals surface area contributed by atoms with Crippen molar-refractivity contribution in [1.82, 2.24) is 0 Å². The van der Waals surface area contributed by atoms with Gasteiger partial charge in [-0.25, -0.2) is 9.59 Å². The van der Waals surface area contributed by atoms with Crippen LogP contribution in [0.1, 0.15) is 31.1 Å². The van der Waals surface area contributed by atoms with Crippen molar-refractivity contribution in [2.75, 3.05) is 5.32 Å². The van der Waals surface area contributed by atoms with Gasteiger partial charge in [-0.1, -0.05) is 0 Å². The van der Waals surface area contributed by atoms with Gasteiger partial charge in [-0.05, 0) is 39.0 Å². The summed E-state index contributed by atoms with van der Waals surface area (Å²) in [6.07, 6.45) is -0.721. The highest BCUT2D eigenvalue weighted by Crippen LogP contribution is 2.24. The molecule has 1 aromatic rings. The summed E-state index contributed by atoms with van der Waals surface area (Å²) in [6, 6.07) is 3.62. The number of carbonyl (C=O) groups excluding carboxylic acids is 1. The third-order valence-electron chi connectivity index (χ3n) is 1.88. The van der Waals surface area contributed by atoms with Crippen LogP contribution in [0.15, 0.2) is 18.2 Å². The smallest absolute Gasteiger partial charge is 0.412 e. The zero-order chi connectivity index (χ0) is 13.9. The molecule has 18 heavy (non-hydrogen) atoms. The third-order valence-corrected chi connectivity index (χ3v) is 1.88. The molecule has 0 saturated carbocycles. The minimum absolute atomic E-state index is 0.0674. The van der Waals surface area contributed by atoms with Crippen LogP contribution in [0.3, 0.4) is 0 Å². The highest BCUT2D eigenvalue weighted by molar-refractivity contribution is 5.91. The Balaban J connectivity index is 2.80. The zero-order valence-corrected chi connectivity index (χ0v) is 10.4. The number of hydrogen-bond acceptors (Lipinski definition) is 4. The number of rotatable bonds is 2. The lowest BCUT2D eigenvalue weighted by atomic mass is 10.2. The molecule has 1 rings (SSSR count). The minimum atomic E-state index is -1.16. The molecule has 0 atom stereocenters. The average Bonchev–Trinajstić information content (AvgIpc) is 2.17. The maximum atomic E-state index is 11.4. The molecule has 0 aliphatic carbocycles. The molecule has 0 fully saturated rings. The van der Waals surface area contributed by atoms with E-state index in [2.05, 4.69) is 5.32 Å². The molecular weight excluding hydrogens is 238 g/mol. The van der Waals surface area contributed by atoms with Crippen LogP contribution in [0.5, 0.6) is 5.75 Å². The molecule has 3 N–H and O–H groups in total. The fraction of sp³-hybridized carbons (Fsp3) is 0.333. The number of carbonyl (C=O) groups is 2. The first-order valence-corrected chi connectivity index (χ1v) is 5.25. The molecule has 1 amide bonds. The molecule has 0 unspecified atom stereocenters. The Morgan fingerprint density at radius 2 is 1.89 bits per heavy atom. The topological polar surface area (TPSA) is 95.9 Å². The molecule has 6 heteroatoms. The summed E-state index contributed by atoms with van der Waals surface area (Å²) in [7, 11) is 0. The number of aromatic carboxylic acids is 1. The Bertz CT molecular complexity index is 476. The highest BCUT2D eigenvalue weighted by atomic mass is 16.6. The first-order chi connectivity index (χ1) is 8.19. The quantitative estimate of drug-likeness (QED) is 0.703. The van der Waals surface area contributed by atoms with E-state index in [4.69, 9.17) is 9.84 Å². The maximum absolute atomic E-state index is 11.4. The Morgan fingerprint density at radius 1 is 1.28 bits per heavy atom. The van der Waals surface area contributed by atoms with Gasteiger partial charge in [0.25, 0.3) is 0 Å². The van der Waals surface area contributed by atoms with E-state index in [1.165, 1.54) is 12.1 Å². The van der Waals surface area contributed by atoms with Crippen LogP contribution >= 0.6 is 0 Å². The monoisotopic (exact) mass is 253 g/mol. The van der Waals surface area contributed by atoms with Gasteiger partial charge in [-0.2, -0.15) is 0 Å². The van der Waals surface area contributed by atoms with Crippen molar-refractivity contribution in [2.24, 2.45) is 0 Å². The van der Waals surface area contributed by atoms with E-state index >= 15 is 0 Å². The number of benzene rings is 1. The highest BCUT2D eigenvalue weighted by Gasteiger charge is 2.17. The summed E-state index contributed by atoms with van der Waals surface area (Å²) in [5.74, 6) is -1.49. The van der Waals surface area contributed by atoms with E-state index in [-0.39, 0.29) is 17.0 Å². The lowest BCUT2D eigenvalue weighted by Crippen LogP contribution is -2.27. The molecule has 1 aromatic carbocycles. The normalized spacial score (nSPS) is 10.8. The van der Waals surface area contributed by atoms with E-state index in [1.807, 2.05) is 0 Å². The van der Waals surface area contributed by atoms with Crippen molar-refractivity contribution < 1.29 is 24.5 Å². The second-order valence-corrected chi connectivity index (χ2v) is 4.66. The van der Waals surface area contributed by atoms with Crippen molar-refractivity contribution in [3.05, 3.63) is 23.8 Å². The van der Waals surface area contributed by atoms with Crippen LogP contribution in [0.25, 0.3) is 0 Å². The molecule has 0 aliphatic heterocycles. The van der Waals surface area contributed by atoms with Crippen molar-refractivity contribution >= 4 is 17.7 Å². The molecule has 6 nitrogen and oxygen atoms in total. The molecule has 0 aromatic heterocycles. The number of amides is 1. The molecule has 0 saturated heterocycles. The van der Waals surface area contributed by atoms with E-state index < -0.39 is 17.7 Å². The molecule has 0 spiro atoms. The Hall–Kier alpha value is -2.24. The zero-order valence-electron chi connectivity index (χ0n) is 10.4. The lowest BCUT2D eigenvalue weighted by Gasteiger charge is -2.19. The Morgan fingerprint density at radius 3 is 2.33 bits per heavy atom. The van der Waals surface area contributed by atoms with Gasteiger partial charge in [0.15, 0.2) is 0 Å². The van der Waals surface area contributed by atoms with Crippen molar-refractivity contribution in [2.45, 2.75) is 26.4 Å². The van der Waals surface area contributed by atoms with Gasteiger partial charge in [0, 0.05) is 0 Å². The number of carboxylic acids is 1. The number of anilines is 1. The maximum Gasteiger partial charge on any atom is 0.412 e. The van der Waals surface area contributed by atoms with Gasteiger partial charge in [-0.15, -0.1) is 0 Å². The summed E-state index contributed by atoms with van der Waals surface area (Å²) in [4.78, 5) is 22.1.